The average molecular weight is 207 g/mol. The van der Waals surface area contributed by atoms with Crippen LogP contribution in [0.4, 0.5) is 4.39 Å². The molecule has 0 aliphatic carbocycles. The van der Waals surface area contributed by atoms with Crippen LogP contribution < -0.4 is 5.32 Å². The minimum absolute atomic E-state index is 0.124. The fourth-order valence-electron chi connectivity index (χ4n) is 2.29. The normalized spacial score (nSPS) is 18.0. The van der Waals surface area contributed by atoms with Gasteiger partial charge in [0.1, 0.15) is 5.82 Å². The molecule has 1 nitrogen and oxygen atoms in total. The van der Waals surface area contributed by atoms with Crippen LogP contribution in [0.5, 0.6) is 0 Å². The number of nitrogens with one attached hydrogen (secondary N) is 1. The van der Waals surface area contributed by atoms with Crippen molar-refractivity contribution in [1.29, 1.82) is 0 Å². The molecule has 0 radical (unpaired) electrons. The van der Waals surface area contributed by atoms with Crippen LogP contribution in [0.2, 0.25) is 0 Å². The Morgan fingerprint density at radius 2 is 2.07 bits per heavy atom. The van der Waals surface area contributed by atoms with Crippen molar-refractivity contribution in [3.8, 4) is 0 Å². The Labute approximate surface area is 90.7 Å². The number of halogens is 1. The number of hydrogen-bond acceptors (Lipinski definition) is 1. The van der Waals surface area contributed by atoms with Gasteiger partial charge in [0.05, 0.1) is 0 Å². The van der Waals surface area contributed by atoms with E-state index in [1.165, 1.54) is 18.4 Å². The predicted molar refractivity (Wildman–Crippen MR) is 60.4 cm³/mol. The van der Waals surface area contributed by atoms with Crippen LogP contribution in [0.1, 0.15) is 24.0 Å². The number of hydrogen-bond donors (Lipinski definition) is 1. The second kappa shape index (κ2) is 4.75. The molecule has 0 aromatic heterocycles. The Balaban J connectivity index is 2.03. The first kappa shape index (κ1) is 10.6. The third-order valence-electron chi connectivity index (χ3n) is 3.27. The van der Waals surface area contributed by atoms with Crippen molar-refractivity contribution in [2.75, 3.05) is 13.1 Å². The Kier molecular flexibility index (Phi) is 3.37. The summed E-state index contributed by atoms with van der Waals surface area (Å²) in [6.07, 6.45) is 3.60. The van der Waals surface area contributed by atoms with Crippen LogP contribution in [0.25, 0.3) is 0 Å². The third kappa shape index (κ3) is 2.78. The minimum Gasteiger partial charge on any atom is -0.317 e. The summed E-state index contributed by atoms with van der Waals surface area (Å²) in [6.45, 7) is 4.26. The maximum absolute atomic E-state index is 12.9. The van der Waals surface area contributed by atoms with E-state index in [1.807, 2.05) is 13.0 Å². The fourth-order valence-corrected chi connectivity index (χ4v) is 2.29. The SMILES string of the molecule is Cc1cc(F)ccc1CC1CCNCC1. The molecule has 1 heterocycles. The van der Waals surface area contributed by atoms with Crippen molar-refractivity contribution in [3.05, 3.63) is 35.1 Å². The van der Waals surface area contributed by atoms with Crippen molar-refractivity contribution in [1.82, 2.24) is 5.32 Å². The standard InChI is InChI=1S/C13H18FN/c1-10-8-13(14)3-2-12(10)9-11-4-6-15-7-5-11/h2-3,8,11,15H,4-7,9H2,1H3. The summed E-state index contributed by atoms with van der Waals surface area (Å²) >= 11 is 0. The van der Waals surface area contributed by atoms with Gasteiger partial charge < -0.3 is 5.32 Å². The molecule has 2 heteroatoms. The molecule has 0 amide bonds. The van der Waals surface area contributed by atoms with E-state index in [9.17, 15) is 4.39 Å². The summed E-state index contributed by atoms with van der Waals surface area (Å²) in [4.78, 5) is 0. The molecule has 15 heavy (non-hydrogen) atoms. The number of piperidine rings is 1. The molecule has 0 bridgehead atoms. The summed E-state index contributed by atoms with van der Waals surface area (Å²) in [5, 5.41) is 3.36. The lowest BCUT2D eigenvalue weighted by Crippen LogP contribution is -2.28. The zero-order chi connectivity index (χ0) is 10.7. The van der Waals surface area contributed by atoms with Crippen molar-refractivity contribution >= 4 is 0 Å². The van der Waals surface area contributed by atoms with Crippen molar-refractivity contribution in [2.45, 2.75) is 26.2 Å². The van der Waals surface area contributed by atoms with Gasteiger partial charge in [0, 0.05) is 0 Å². The number of benzene rings is 1. The Morgan fingerprint density at radius 3 is 2.73 bits per heavy atom. The van der Waals surface area contributed by atoms with E-state index >= 15 is 0 Å². The van der Waals surface area contributed by atoms with Gasteiger partial charge in [0.25, 0.3) is 0 Å². The molecule has 1 fully saturated rings. The Bertz CT molecular complexity index is 329. The second-order valence-electron chi connectivity index (χ2n) is 4.47. The summed E-state index contributed by atoms with van der Waals surface area (Å²) < 4.78 is 12.9. The van der Waals surface area contributed by atoms with Gasteiger partial charge in [-0.25, -0.2) is 4.39 Å². The average Bonchev–Trinajstić information content (AvgIpc) is 2.24. The van der Waals surface area contributed by atoms with E-state index in [-0.39, 0.29) is 5.82 Å². The molecule has 0 spiro atoms. The minimum atomic E-state index is -0.124. The van der Waals surface area contributed by atoms with E-state index in [2.05, 4.69) is 5.32 Å². The highest BCUT2D eigenvalue weighted by molar-refractivity contribution is 5.27. The first-order chi connectivity index (χ1) is 7.25. The van der Waals surface area contributed by atoms with E-state index in [1.54, 1.807) is 12.1 Å². The molecule has 2 rings (SSSR count). The van der Waals surface area contributed by atoms with Gasteiger partial charge in [-0.15, -0.1) is 0 Å². The molecule has 1 aromatic rings. The van der Waals surface area contributed by atoms with Gasteiger partial charge >= 0.3 is 0 Å². The molecule has 1 aromatic carbocycles. The van der Waals surface area contributed by atoms with Gasteiger partial charge in [-0.05, 0) is 68.5 Å². The van der Waals surface area contributed by atoms with Crippen LogP contribution in [0.15, 0.2) is 18.2 Å². The maximum atomic E-state index is 12.9. The van der Waals surface area contributed by atoms with E-state index in [0.29, 0.717) is 0 Å². The quantitative estimate of drug-likeness (QED) is 0.786. The monoisotopic (exact) mass is 207 g/mol. The molecule has 0 atom stereocenters. The van der Waals surface area contributed by atoms with Gasteiger partial charge in [-0.1, -0.05) is 6.07 Å². The van der Waals surface area contributed by atoms with Crippen molar-refractivity contribution in [2.24, 2.45) is 5.92 Å². The zero-order valence-electron chi connectivity index (χ0n) is 9.22. The largest absolute Gasteiger partial charge is 0.317 e. The van der Waals surface area contributed by atoms with Gasteiger partial charge in [0.2, 0.25) is 0 Å². The molecule has 82 valence electrons. The molecular weight excluding hydrogens is 189 g/mol. The molecule has 1 N–H and O–H groups in total. The Hall–Kier alpha value is -0.890. The molecule has 0 unspecified atom stereocenters. The maximum Gasteiger partial charge on any atom is 0.123 e. The molecule has 1 aliphatic heterocycles. The van der Waals surface area contributed by atoms with Crippen LogP contribution >= 0.6 is 0 Å². The lowest BCUT2D eigenvalue weighted by Gasteiger charge is -2.23. The smallest absolute Gasteiger partial charge is 0.123 e. The zero-order valence-corrected chi connectivity index (χ0v) is 9.22. The van der Waals surface area contributed by atoms with Crippen LogP contribution in [0, 0.1) is 18.7 Å². The van der Waals surface area contributed by atoms with Gasteiger partial charge in [-0.3, -0.25) is 0 Å². The van der Waals surface area contributed by atoms with Crippen LogP contribution in [0.3, 0.4) is 0 Å². The topological polar surface area (TPSA) is 12.0 Å². The Morgan fingerprint density at radius 1 is 1.33 bits per heavy atom. The van der Waals surface area contributed by atoms with Crippen molar-refractivity contribution in [3.63, 3.8) is 0 Å². The van der Waals surface area contributed by atoms with Gasteiger partial charge in [-0.2, -0.15) is 0 Å². The summed E-state index contributed by atoms with van der Waals surface area (Å²) in [6, 6.07) is 5.15. The van der Waals surface area contributed by atoms with Gasteiger partial charge in [0.15, 0.2) is 0 Å². The van der Waals surface area contributed by atoms with E-state index < -0.39 is 0 Å². The highest BCUT2D eigenvalue weighted by Crippen LogP contribution is 2.20. The van der Waals surface area contributed by atoms with Crippen LogP contribution in [-0.2, 0) is 6.42 Å². The van der Waals surface area contributed by atoms with E-state index in [0.717, 1.165) is 31.0 Å². The number of rotatable bonds is 2. The predicted octanol–water partition coefficient (Wildman–Crippen LogP) is 2.68. The first-order valence-electron chi connectivity index (χ1n) is 5.71. The molecule has 0 saturated carbocycles. The second-order valence-corrected chi connectivity index (χ2v) is 4.47. The molecule has 1 aliphatic rings. The summed E-state index contributed by atoms with van der Waals surface area (Å²) in [7, 11) is 0. The van der Waals surface area contributed by atoms with Crippen molar-refractivity contribution < 1.29 is 4.39 Å². The van der Waals surface area contributed by atoms with Crippen LogP contribution in [-0.4, -0.2) is 13.1 Å². The summed E-state index contributed by atoms with van der Waals surface area (Å²) in [5.41, 5.74) is 2.40. The lowest BCUT2D eigenvalue weighted by atomic mass is 9.89. The fraction of sp³-hybridized carbons (Fsp3) is 0.538. The highest BCUT2D eigenvalue weighted by Gasteiger charge is 2.14. The first-order valence-corrected chi connectivity index (χ1v) is 5.71. The van der Waals surface area contributed by atoms with E-state index in [4.69, 9.17) is 0 Å². The summed E-state index contributed by atoms with van der Waals surface area (Å²) in [5.74, 6) is 0.650. The highest BCUT2D eigenvalue weighted by atomic mass is 19.1. The third-order valence-corrected chi connectivity index (χ3v) is 3.27. The lowest BCUT2D eigenvalue weighted by molar-refractivity contribution is 0.372. The molecular formula is C13H18FN. The number of aryl methyl sites for hydroxylation is 1. The molecule has 1 saturated heterocycles.